The predicted molar refractivity (Wildman–Crippen MR) is 75.2 cm³/mol. The molecule has 0 bridgehead atoms. The van der Waals surface area contributed by atoms with E-state index in [1.165, 1.54) is 0 Å². The molecule has 1 aliphatic rings. The van der Waals surface area contributed by atoms with Gasteiger partial charge < -0.3 is 20.7 Å². The SMILES string of the molecule is Cc1ccc(N)c(C(=O)NCC2CN(C)CCO2)c1. The molecule has 19 heavy (non-hydrogen) atoms. The molecule has 2 rings (SSSR count). The number of nitrogens with two attached hydrogens (primary N) is 1. The minimum atomic E-state index is -0.141. The number of carbonyl (C=O) groups excluding carboxylic acids is 1. The first-order chi connectivity index (χ1) is 9.06. The van der Waals surface area contributed by atoms with Crippen molar-refractivity contribution >= 4 is 11.6 Å². The van der Waals surface area contributed by atoms with Gasteiger partial charge in [0.1, 0.15) is 0 Å². The number of nitrogens with zero attached hydrogens (tertiary/aromatic N) is 1. The van der Waals surface area contributed by atoms with Crippen molar-refractivity contribution in [3.05, 3.63) is 29.3 Å². The first kappa shape index (κ1) is 13.8. The molecular formula is C14H21N3O2. The summed E-state index contributed by atoms with van der Waals surface area (Å²) in [6.45, 7) is 4.94. The average molecular weight is 263 g/mol. The molecule has 0 spiro atoms. The molecule has 1 unspecified atom stereocenters. The number of hydrogen-bond donors (Lipinski definition) is 2. The van der Waals surface area contributed by atoms with Crippen molar-refractivity contribution in [3.63, 3.8) is 0 Å². The number of ether oxygens (including phenoxy) is 1. The number of amides is 1. The van der Waals surface area contributed by atoms with Crippen molar-refractivity contribution in [1.82, 2.24) is 10.2 Å². The van der Waals surface area contributed by atoms with E-state index in [-0.39, 0.29) is 12.0 Å². The molecule has 1 saturated heterocycles. The number of aryl methyl sites for hydroxylation is 1. The van der Waals surface area contributed by atoms with Gasteiger partial charge in [0.25, 0.3) is 5.91 Å². The highest BCUT2D eigenvalue weighted by atomic mass is 16.5. The van der Waals surface area contributed by atoms with Crippen molar-refractivity contribution < 1.29 is 9.53 Å². The van der Waals surface area contributed by atoms with Crippen LogP contribution in [0.3, 0.4) is 0 Å². The molecule has 1 atom stereocenters. The summed E-state index contributed by atoms with van der Waals surface area (Å²) in [6, 6.07) is 5.46. The third kappa shape index (κ3) is 3.68. The van der Waals surface area contributed by atoms with E-state index in [4.69, 9.17) is 10.5 Å². The standard InChI is InChI=1S/C14H21N3O2/c1-10-3-4-13(15)12(7-10)14(18)16-8-11-9-17(2)5-6-19-11/h3-4,7,11H,5-6,8-9,15H2,1-2H3,(H,16,18). The van der Waals surface area contributed by atoms with Crippen LogP contribution in [0, 0.1) is 6.92 Å². The van der Waals surface area contributed by atoms with Crippen LogP contribution in [0.4, 0.5) is 5.69 Å². The third-order valence-corrected chi connectivity index (χ3v) is 3.29. The van der Waals surface area contributed by atoms with Gasteiger partial charge in [-0.05, 0) is 26.1 Å². The van der Waals surface area contributed by atoms with E-state index in [0.29, 0.717) is 24.4 Å². The molecule has 3 N–H and O–H groups in total. The van der Waals surface area contributed by atoms with Crippen LogP contribution >= 0.6 is 0 Å². The lowest BCUT2D eigenvalue weighted by molar-refractivity contribution is -0.0174. The Hall–Kier alpha value is -1.59. The Balaban J connectivity index is 1.92. The molecule has 1 aromatic rings. The molecular weight excluding hydrogens is 242 g/mol. The summed E-state index contributed by atoms with van der Waals surface area (Å²) in [5, 5.41) is 2.89. The summed E-state index contributed by atoms with van der Waals surface area (Å²) in [7, 11) is 2.05. The highest BCUT2D eigenvalue weighted by molar-refractivity contribution is 5.99. The monoisotopic (exact) mass is 263 g/mol. The van der Waals surface area contributed by atoms with Crippen LogP contribution in [0.1, 0.15) is 15.9 Å². The number of rotatable bonds is 3. The van der Waals surface area contributed by atoms with E-state index >= 15 is 0 Å². The number of likely N-dealkylation sites (N-methyl/N-ethyl adjacent to an activating group) is 1. The third-order valence-electron chi connectivity index (χ3n) is 3.29. The Morgan fingerprint density at radius 2 is 2.37 bits per heavy atom. The van der Waals surface area contributed by atoms with Crippen LogP contribution in [0.2, 0.25) is 0 Å². The Morgan fingerprint density at radius 1 is 1.58 bits per heavy atom. The zero-order valence-corrected chi connectivity index (χ0v) is 11.5. The van der Waals surface area contributed by atoms with E-state index in [0.717, 1.165) is 18.7 Å². The topological polar surface area (TPSA) is 67.6 Å². The normalized spacial score (nSPS) is 20.2. The maximum absolute atomic E-state index is 12.1. The van der Waals surface area contributed by atoms with Gasteiger partial charge in [0.05, 0.1) is 18.3 Å². The Labute approximate surface area is 113 Å². The van der Waals surface area contributed by atoms with Gasteiger partial charge in [0.15, 0.2) is 0 Å². The fourth-order valence-electron chi connectivity index (χ4n) is 2.16. The van der Waals surface area contributed by atoms with Crippen LogP contribution < -0.4 is 11.1 Å². The molecule has 1 heterocycles. The van der Waals surface area contributed by atoms with Crippen LogP contribution in [0.5, 0.6) is 0 Å². The van der Waals surface area contributed by atoms with Gasteiger partial charge in [-0.25, -0.2) is 0 Å². The molecule has 0 aromatic heterocycles. The second-order valence-electron chi connectivity index (χ2n) is 5.06. The first-order valence-corrected chi connectivity index (χ1v) is 6.50. The lowest BCUT2D eigenvalue weighted by Gasteiger charge is -2.30. The van der Waals surface area contributed by atoms with E-state index in [1.54, 1.807) is 12.1 Å². The summed E-state index contributed by atoms with van der Waals surface area (Å²) in [4.78, 5) is 14.3. The molecule has 5 heteroatoms. The number of anilines is 1. The van der Waals surface area contributed by atoms with Gasteiger partial charge in [-0.3, -0.25) is 4.79 Å². The minimum Gasteiger partial charge on any atom is -0.398 e. The molecule has 0 radical (unpaired) electrons. The van der Waals surface area contributed by atoms with Gasteiger partial charge in [0.2, 0.25) is 0 Å². The van der Waals surface area contributed by atoms with Gasteiger partial charge >= 0.3 is 0 Å². The summed E-state index contributed by atoms with van der Waals surface area (Å²) in [6.07, 6.45) is 0.0498. The zero-order valence-electron chi connectivity index (χ0n) is 11.5. The van der Waals surface area contributed by atoms with Crippen molar-refractivity contribution in [1.29, 1.82) is 0 Å². The van der Waals surface area contributed by atoms with Crippen molar-refractivity contribution in [3.8, 4) is 0 Å². The molecule has 0 saturated carbocycles. The number of hydrogen-bond acceptors (Lipinski definition) is 4. The predicted octanol–water partition coefficient (Wildman–Crippen LogP) is 0.638. The van der Waals surface area contributed by atoms with Crippen molar-refractivity contribution in [2.45, 2.75) is 13.0 Å². The summed E-state index contributed by atoms with van der Waals surface area (Å²) >= 11 is 0. The first-order valence-electron chi connectivity index (χ1n) is 6.50. The maximum Gasteiger partial charge on any atom is 0.253 e. The lowest BCUT2D eigenvalue weighted by atomic mass is 10.1. The van der Waals surface area contributed by atoms with Gasteiger partial charge in [-0.1, -0.05) is 11.6 Å². The fourth-order valence-corrected chi connectivity index (χ4v) is 2.16. The molecule has 1 amide bonds. The number of nitrogens with one attached hydrogen (secondary N) is 1. The summed E-state index contributed by atoms with van der Waals surface area (Å²) < 4.78 is 5.60. The molecule has 1 fully saturated rings. The van der Waals surface area contributed by atoms with Crippen LogP contribution in [0.15, 0.2) is 18.2 Å². The molecule has 1 aliphatic heterocycles. The molecule has 5 nitrogen and oxygen atoms in total. The van der Waals surface area contributed by atoms with Gasteiger partial charge in [-0.15, -0.1) is 0 Å². The van der Waals surface area contributed by atoms with E-state index in [9.17, 15) is 4.79 Å². The molecule has 104 valence electrons. The second kappa shape index (κ2) is 6.04. The van der Waals surface area contributed by atoms with E-state index < -0.39 is 0 Å². The molecule has 0 aliphatic carbocycles. The maximum atomic E-state index is 12.1. The number of carbonyl (C=O) groups is 1. The quantitative estimate of drug-likeness (QED) is 0.785. The van der Waals surface area contributed by atoms with Crippen molar-refractivity contribution in [2.24, 2.45) is 0 Å². The average Bonchev–Trinajstić information content (AvgIpc) is 2.39. The number of nitrogen functional groups attached to an aromatic ring is 1. The molecule has 1 aromatic carbocycles. The van der Waals surface area contributed by atoms with E-state index in [2.05, 4.69) is 17.3 Å². The Bertz CT molecular complexity index is 462. The highest BCUT2D eigenvalue weighted by Crippen LogP contribution is 2.13. The highest BCUT2D eigenvalue weighted by Gasteiger charge is 2.19. The van der Waals surface area contributed by atoms with Crippen molar-refractivity contribution in [2.75, 3.05) is 39.0 Å². The number of benzene rings is 1. The summed E-state index contributed by atoms with van der Waals surface area (Å²) in [5.74, 6) is -0.141. The van der Waals surface area contributed by atoms with Crippen LogP contribution in [-0.2, 0) is 4.74 Å². The smallest absolute Gasteiger partial charge is 0.253 e. The minimum absolute atomic E-state index is 0.0498. The van der Waals surface area contributed by atoms with Gasteiger partial charge in [0, 0.05) is 25.3 Å². The second-order valence-corrected chi connectivity index (χ2v) is 5.06. The largest absolute Gasteiger partial charge is 0.398 e. The van der Waals surface area contributed by atoms with Crippen LogP contribution in [0.25, 0.3) is 0 Å². The Kier molecular flexibility index (Phi) is 4.39. The fraction of sp³-hybridized carbons (Fsp3) is 0.500. The zero-order chi connectivity index (χ0) is 13.8. The Morgan fingerprint density at radius 3 is 3.11 bits per heavy atom. The lowest BCUT2D eigenvalue weighted by Crippen LogP contribution is -2.46. The van der Waals surface area contributed by atoms with Crippen LogP contribution in [-0.4, -0.2) is 50.2 Å². The van der Waals surface area contributed by atoms with Gasteiger partial charge in [-0.2, -0.15) is 0 Å². The number of morpholine rings is 1. The summed E-state index contributed by atoms with van der Waals surface area (Å²) in [5.41, 5.74) is 7.88. The van der Waals surface area contributed by atoms with E-state index in [1.807, 2.05) is 13.0 Å².